The minimum atomic E-state index is -0.375. The van der Waals surface area contributed by atoms with Crippen molar-refractivity contribution in [1.29, 1.82) is 5.26 Å². The number of benzene rings is 2. The SMILES string of the molecule is N#CCC(=O)Nc1ccc(NC(=O)/C=C/c2ccc(Cl)cc2)cc1. The van der Waals surface area contributed by atoms with Gasteiger partial charge >= 0.3 is 0 Å². The molecule has 0 fully saturated rings. The third-order valence-corrected chi connectivity index (χ3v) is 3.22. The van der Waals surface area contributed by atoms with Crippen molar-refractivity contribution in [3.63, 3.8) is 0 Å². The van der Waals surface area contributed by atoms with Crippen molar-refractivity contribution >= 4 is 40.9 Å². The normalized spacial score (nSPS) is 10.2. The summed E-state index contributed by atoms with van der Waals surface area (Å²) in [5.74, 6) is -0.647. The first-order valence-electron chi connectivity index (χ1n) is 7.08. The molecule has 0 saturated heterocycles. The van der Waals surface area contributed by atoms with Crippen LogP contribution in [0.3, 0.4) is 0 Å². The molecule has 0 spiro atoms. The van der Waals surface area contributed by atoms with Gasteiger partial charge in [-0.25, -0.2) is 0 Å². The molecule has 24 heavy (non-hydrogen) atoms. The smallest absolute Gasteiger partial charge is 0.248 e. The molecule has 0 aliphatic carbocycles. The van der Waals surface area contributed by atoms with Crippen molar-refractivity contribution in [1.82, 2.24) is 0 Å². The van der Waals surface area contributed by atoms with Crippen LogP contribution >= 0.6 is 11.6 Å². The third-order valence-electron chi connectivity index (χ3n) is 2.97. The van der Waals surface area contributed by atoms with E-state index in [2.05, 4.69) is 10.6 Å². The van der Waals surface area contributed by atoms with Gasteiger partial charge in [0, 0.05) is 22.5 Å². The molecule has 2 aromatic rings. The van der Waals surface area contributed by atoms with Gasteiger partial charge in [0.05, 0.1) is 6.07 Å². The van der Waals surface area contributed by atoms with Crippen LogP contribution < -0.4 is 10.6 Å². The van der Waals surface area contributed by atoms with E-state index in [-0.39, 0.29) is 18.2 Å². The first kappa shape index (κ1) is 17.3. The number of nitriles is 1. The Labute approximate surface area is 144 Å². The van der Waals surface area contributed by atoms with E-state index in [0.29, 0.717) is 16.4 Å². The van der Waals surface area contributed by atoms with Gasteiger partial charge in [0.15, 0.2) is 0 Å². The van der Waals surface area contributed by atoms with Gasteiger partial charge in [-0.05, 0) is 48.0 Å². The summed E-state index contributed by atoms with van der Waals surface area (Å²) >= 11 is 5.80. The van der Waals surface area contributed by atoms with Crippen LogP contribution in [0.2, 0.25) is 5.02 Å². The molecule has 5 nitrogen and oxygen atoms in total. The monoisotopic (exact) mass is 339 g/mol. The van der Waals surface area contributed by atoms with Gasteiger partial charge in [0.1, 0.15) is 6.42 Å². The van der Waals surface area contributed by atoms with Gasteiger partial charge in [-0.1, -0.05) is 23.7 Å². The van der Waals surface area contributed by atoms with E-state index >= 15 is 0 Å². The van der Waals surface area contributed by atoms with Crippen molar-refractivity contribution in [2.75, 3.05) is 10.6 Å². The molecule has 0 bridgehead atoms. The Morgan fingerprint density at radius 1 is 1.00 bits per heavy atom. The molecule has 0 radical (unpaired) electrons. The zero-order valence-corrected chi connectivity index (χ0v) is 13.4. The minimum absolute atomic E-state index is 0.200. The molecule has 0 aliphatic heterocycles. The second-order valence-electron chi connectivity index (χ2n) is 4.83. The number of halogens is 1. The lowest BCUT2D eigenvalue weighted by molar-refractivity contribution is -0.115. The number of anilines is 2. The molecule has 0 aromatic heterocycles. The zero-order valence-electron chi connectivity index (χ0n) is 12.6. The van der Waals surface area contributed by atoms with Gasteiger partial charge in [-0.3, -0.25) is 9.59 Å². The third kappa shape index (κ3) is 5.59. The molecule has 2 N–H and O–H groups in total. The first-order valence-corrected chi connectivity index (χ1v) is 7.46. The highest BCUT2D eigenvalue weighted by atomic mass is 35.5. The van der Waals surface area contributed by atoms with Gasteiger partial charge in [-0.15, -0.1) is 0 Å². The predicted molar refractivity (Wildman–Crippen MR) is 94.4 cm³/mol. The average molecular weight is 340 g/mol. The van der Waals surface area contributed by atoms with Crippen molar-refractivity contribution < 1.29 is 9.59 Å². The second kappa shape index (κ2) is 8.51. The number of amides is 2. The second-order valence-corrected chi connectivity index (χ2v) is 5.27. The van der Waals surface area contributed by atoms with Crippen molar-refractivity contribution in [3.8, 4) is 6.07 Å². The fraction of sp³-hybridized carbons (Fsp3) is 0.0556. The topological polar surface area (TPSA) is 82.0 Å². The van der Waals surface area contributed by atoms with Crippen LogP contribution in [0.4, 0.5) is 11.4 Å². The van der Waals surface area contributed by atoms with E-state index in [1.165, 1.54) is 6.08 Å². The Morgan fingerprint density at radius 2 is 1.58 bits per heavy atom. The Balaban J connectivity index is 1.91. The summed E-state index contributed by atoms with van der Waals surface area (Å²) in [6.07, 6.45) is 2.90. The molecular formula is C18H14ClN3O2. The van der Waals surface area contributed by atoms with Crippen LogP contribution in [0, 0.1) is 11.3 Å². The van der Waals surface area contributed by atoms with Crippen LogP contribution in [0.15, 0.2) is 54.6 Å². The van der Waals surface area contributed by atoms with E-state index in [1.54, 1.807) is 48.5 Å². The average Bonchev–Trinajstić information content (AvgIpc) is 2.56. The maximum Gasteiger partial charge on any atom is 0.248 e. The molecule has 0 atom stereocenters. The van der Waals surface area contributed by atoms with Crippen LogP contribution in [0.25, 0.3) is 6.08 Å². The summed E-state index contributed by atoms with van der Waals surface area (Å²) in [7, 11) is 0. The molecule has 0 heterocycles. The maximum atomic E-state index is 11.9. The number of hydrogen-bond donors (Lipinski definition) is 2. The van der Waals surface area contributed by atoms with Gasteiger partial charge in [-0.2, -0.15) is 5.26 Å². The molecule has 120 valence electrons. The Bertz CT molecular complexity index is 791. The highest BCUT2D eigenvalue weighted by Gasteiger charge is 2.02. The predicted octanol–water partition coefficient (Wildman–Crippen LogP) is 3.84. The van der Waals surface area contributed by atoms with Crippen molar-refractivity contribution in [2.45, 2.75) is 6.42 Å². The number of nitrogens with one attached hydrogen (secondary N) is 2. The molecule has 2 amide bonds. The highest BCUT2D eigenvalue weighted by Crippen LogP contribution is 2.14. The summed E-state index contributed by atoms with van der Waals surface area (Å²) < 4.78 is 0. The van der Waals surface area contributed by atoms with Gasteiger partial charge in [0.2, 0.25) is 11.8 Å². The van der Waals surface area contributed by atoms with Crippen LogP contribution in [0.5, 0.6) is 0 Å². The number of hydrogen-bond acceptors (Lipinski definition) is 3. The molecule has 2 rings (SSSR count). The van der Waals surface area contributed by atoms with Crippen molar-refractivity contribution in [3.05, 3.63) is 65.2 Å². The Kier molecular flexibility index (Phi) is 6.12. The first-order chi connectivity index (χ1) is 11.6. The van der Waals surface area contributed by atoms with E-state index < -0.39 is 0 Å². The van der Waals surface area contributed by atoms with Gasteiger partial charge < -0.3 is 10.6 Å². The summed E-state index contributed by atoms with van der Waals surface area (Å²) in [5.41, 5.74) is 2.02. The van der Waals surface area contributed by atoms with E-state index in [9.17, 15) is 9.59 Å². The summed E-state index contributed by atoms with van der Waals surface area (Å²) in [5, 5.41) is 14.4. The summed E-state index contributed by atoms with van der Waals surface area (Å²) in [6.45, 7) is 0. The molecule has 2 aromatic carbocycles. The zero-order chi connectivity index (χ0) is 17.4. The number of rotatable bonds is 5. The minimum Gasteiger partial charge on any atom is -0.325 e. The number of carbonyl (C=O) groups is 2. The molecule has 0 saturated carbocycles. The van der Waals surface area contributed by atoms with Crippen molar-refractivity contribution in [2.24, 2.45) is 0 Å². The van der Waals surface area contributed by atoms with E-state index in [0.717, 1.165) is 5.56 Å². The summed E-state index contributed by atoms with van der Waals surface area (Å²) in [4.78, 5) is 23.2. The molecule has 6 heteroatoms. The molecule has 0 unspecified atom stereocenters. The standard InChI is InChI=1S/C18H14ClN3O2/c19-14-4-1-13(2-5-14)3-10-17(23)21-15-6-8-16(9-7-15)22-18(24)11-12-20/h1-10H,11H2,(H,21,23)(H,22,24)/b10-3+. The fourth-order valence-electron chi connectivity index (χ4n) is 1.84. The van der Waals surface area contributed by atoms with Gasteiger partial charge in [0.25, 0.3) is 0 Å². The fourth-order valence-corrected chi connectivity index (χ4v) is 1.97. The highest BCUT2D eigenvalue weighted by molar-refractivity contribution is 6.30. The lowest BCUT2D eigenvalue weighted by Gasteiger charge is -2.05. The van der Waals surface area contributed by atoms with Crippen LogP contribution in [-0.4, -0.2) is 11.8 Å². The Morgan fingerprint density at radius 3 is 2.17 bits per heavy atom. The maximum absolute atomic E-state index is 11.9. The van der Waals surface area contributed by atoms with E-state index in [1.807, 2.05) is 12.1 Å². The van der Waals surface area contributed by atoms with Crippen LogP contribution in [-0.2, 0) is 9.59 Å². The molecule has 0 aliphatic rings. The lowest BCUT2D eigenvalue weighted by Crippen LogP contribution is -2.10. The quantitative estimate of drug-likeness (QED) is 0.812. The number of nitrogens with zero attached hydrogens (tertiary/aromatic N) is 1. The largest absolute Gasteiger partial charge is 0.325 e. The van der Waals surface area contributed by atoms with Crippen LogP contribution in [0.1, 0.15) is 12.0 Å². The summed E-state index contributed by atoms with van der Waals surface area (Å²) in [6, 6.07) is 15.5. The number of carbonyl (C=O) groups excluding carboxylic acids is 2. The molecular weight excluding hydrogens is 326 g/mol. The van der Waals surface area contributed by atoms with E-state index in [4.69, 9.17) is 16.9 Å². The Hall–Kier alpha value is -3.10. The lowest BCUT2D eigenvalue weighted by atomic mass is 10.2.